The first-order valence-electron chi connectivity index (χ1n) is 9.88. The first-order chi connectivity index (χ1) is 11.6. The minimum absolute atomic E-state index is 0.141. The van der Waals surface area contributed by atoms with E-state index in [2.05, 4.69) is 19.2 Å². The van der Waals surface area contributed by atoms with Crippen LogP contribution in [0.3, 0.4) is 0 Å². The lowest BCUT2D eigenvalue weighted by atomic mass is 10.1. The van der Waals surface area contributed by atoms with E-state index in [0.717, 1.165) is 19.4 Å². The molecule has 24 heavy (non-hydrogen) atoms. The summed E-state index contributed by atoms with van der Waals surface area (Å²) in [5.74, 6) is 0. The van der Waals surface area contributed by atoms with Crippen LogP contribution < -0.4 is 0 Å². The van der Waals surface area contributed by atoms with Crippen molar-refractivity contribution < 1.29 is 13.6 Å². The van der Waals surface area contributed by atoms with Gasteiger partial charge in [-0.2, -0.15) is 5.26 Å². The van der Waals surface area contributed by atoms with Crippen LogP contribution in [-0.4, -0.2) is 37.6 Å². The van der Waals surface area contributed by atoms with Gasteiger partial charge < -0.3 is 13.6 Å². The van der Waals surface area contributed by atoms with Crippen molar-refractivity contribution in [3.05, 3.63) is 0 Å². The molecule has 6 heteroatoms. The molecular formula is C18H37NO3Si2. The molecule has 4 nitrogen and oxygen atoms in total. The van der Waals surface area contributed by atoms with Crippen LogP contribution in [0.5, 0.6) is 0 Å². The molecule has 1 rings (SSSR count). The van der Waals surface area contributed by atoms with E-state index < -0.39 is 8.32 Å². The van der Waals surface area contributed by atoms with E-state index in [4.69, 9.17) is 18.9 Å². The monoisotopic (exact) mass is 371 g/mol. The number of ether oxygens (including phenoxy) is 1. The van der Waals surface area contributed by atoms with Crippen molar-refractivity contribution in [3.8, 4) is 6.07 Å². The lowest BCUT2D eigenvalue weighted by Gasteiger charge is -2.34. The molecule has 140 valence electrons. The van der Waals surface area contributed by atoms with Crippen LogP contribution in [0.2, 0.25) is 25.2 Å². The minimum atomic E-state index is -1.39. The molecule has 0 aromatic carbocycles. The highest BCUT2D eigenvalue weighted by atomic mass is 28.4. The highest BCUT2D eigenvalue weighted by molar-refractivity contribution is 6.71. The second-order valence-electron chi connectivity index (χ2n) is 7.42. The Morgan fingerprint density at radius 2 is 1.79 bits per heavy atom. The quantitative estimate of drug-likeness (QED) is 0.333. The Hall–Kier alpha value is -0.196. The van der Waals surface area contributed by atoms with Crippen molar-refractivity contribution >= 4 is 18.1 Å². The molecule has 0 saturated carbocycles. The predicted octanol–water partition coefficient (Wildman–Crippen LogP) is 4.51. The smallest absolute Gasteiger partial charge is 0.190 e. The van der Waals surface area contributed by atoms with Crippen LogP contribution >= 0.6 is 0 Å². The van der Waals surface area contributed by atoms with Crippen molar-refractivity contribution in [2.24, 2.45) is 0 Å². The number of nitriles is 1. The Balaban J connectivity index is 1.77. The van der Waals surface area contributed by atoms with Gasteiger partial charge in [0.15, 0.2) is 18.1 Å². The molecule has 0 aromatic rings. The topological polar surface area (TPSA) is 51.5 Å². The molecule has 1 atom stereocenters. The summed E-state index contributed by atoms with van der Waals surface area (Å²) in [5, 5.41) is 8.39. The molecule has 1 fully saturated rings. The first kappa shape index (κ1) is 21.8. The van der Waals surface area contributed by atoms with Crippen molar-refractivity contribution in [1.82, 2.24) is 0 Å². The van der Waals surface area contributed by atoms with Crippen LogP contribution in [0.25, 0.3) is 0 Å². The summed E-state index contributed by atoms with van der Waals surface area (Å²) >= 11 is 0. The van der Waals surface area contributed by atoms with Crippen LogP contribution in [0, 0.1) is 11.3 Å². The molecule has 0 amide bonds. The number of rotatable bonds is 14. The Morgan fingerprint density at radius 1 is 1.08 bits per heavy atom. The van der Waals surface area contributed by atoms with Gasteiger partial charge in [0.25, 0.3) is 0 Å². The Kier molecular flexibility index (Phi) is 12.8. The van der Waals surface area contributed by atoms with Gasteiger partial charge in [0.05, 0.1) is 19.1 Å². The second kappa shape index (κ2) is 14.0. The van der Waals surface area contributed by atoms with E-state index in [1.165, 1.54) is 57.0 Å². The van der Waals surface area contributed by atoms with Gasteiger partial charge in [0.1, 0.15) is 6.29 Å². The zero-order valence-corrected chi connectivity index (χ0v) is 18.3. The first-order valence-corrected chi connectivity index (χ1v) is 14.6. The molecule has 0 bridgehead atoms. The van der Waals surface area contributed by atoms with Gasteiger partial charge in [-0.3, -0.25) is 0 Å². The summed E-state index contributed by atoms with van der Waals surface area (Å²) in [6, 6.07) is 4.69. The van der Waals surface area contributed by atoms with Crippen molar-refractivity contribution in [2.75, 3.05) is 13.2 Å². The van der Waals surface area contributed by atoms with E-state index in [1.54, 1.807) is 0 Å². The summed E-state index contributed by atoms with van der Waals surface area (Å²) in [5.41, 5.74) is 0. The highest BCUT2D eigenvalue weighted by Gasteiger charge is 2.31. The third-order valence-corrected chi connectivity index (χ3v) is 8.37. The van der Waals surface area contributed by atoms with E-state index in [1.807, 2.05) is 0 Å². The van der Waals surface area contributed by atoms with Gasteiger partial charge in [0, 0.05) is 6.61 Å². The normalized spacial score (nSPS) is 20.5. The number of hydrogen-bond acceptors (Lipinski definition) is 4. The largest absolute Gasteiger partial charge is 0.400 e. The molecular weight excluding hydrogens is 334 g/mol. The van der Waals surface area contributed by atoms with Gasteiger partial charge in [-0.15, -0.1) is 0 Å². The fourth-order valence-corrected chi connectivity index (χ4v) is 6.52. The summed E-state index contributed by atoms with van der Waals surface area (Å²) in [6.07, 6.45) is 12.1. The van der Waals surface area contributed by atoms with Gasteiger partial charge in [-0.05, 0) is 44.4 Å². The third-order valence-electron chi connectivity index (χ3n) is 4.51. The average Bonchev–Trinajstić information content (AvgIpc) is 2.54. The standard InChI is InChI=1S/C18H37NO3Si2/c1-24(2)17-10-12-18(22-24)21-23-16-9-7-5-3-4-6-8-14-20-15-11-13-19/h18H,3-12,14-17,23H2,1-2H3. The van der Waals surface area contributed by atoms with E-state index in [0.29, 0.717) is 13.0 Å². The zero-order valence-electron chi connectivity index (χ0n) is 15.9. The maximum Gasteiger partial charge on any atom is 0.190 e. The highest BCUT2D eigenvalue weighted by Crippen LogP contribution is 2.26. The van der Waals surface area contributed by atoms with Gasteiger partial charge in [0.2, 0.25) is 0 Å². The molecule has 0 radical (unpaired) electrons. The van der Waals surface area contributed by atoms with Crippen molar-refractivity contribution in [1.29, 1.82) is 5.26 Å². The lowest BCUT2D eigenvalue weighted by molar-refractivity contribution is -0.0174. The fraction of sp³-hybridized carbons (Fsp3) is 0.944. The molecule has 0 N–H and O–H groups in total. The molecule has 1 saturated heterocycles. The van der Waals surface area contributed by atoms with Crippen LogP contribution in [0.15, 0.2) is 0 Å². The molecule has 0 spiro atoms. The van der Waals surface area contributed by atoms with E-state index in [-0.39, 0.29) is 16.1 Å². The second-order valence-corrected chi connectivity index (χ2v) is 13.1. The summed E-state index contributed by atoms with van der Waals surface area (Å²) in [4.78, 5) is 0. The minimum Gasteiger partial charge on any atom is -0.400 e. The van der Waals surface area contributed by atoms with Crippen LogP contribution in [-0.2, 0) is 13.6 Å². The molecule has 1 aliphatic rings. The van der Waals surface area contributed by atoms with Crippen molar-refractivity contribution in [2.45, 2.75) is 95.7 Å². The molecule has 0 aliphatic carbocycles. The summed E-state index contributed by atoms with van der Waals surface area (Å²) < 4.78 is 17.5. The molecule has 0 aromatic heterocycles. The molecule has 1 heterocycles. The van der Waals surface area contributed by atoms with Crippen LogP contribution in [0.1, 0.15) is 64.2 Å². The fourth-order valence-electron chi connectivity index (χ4n) is 3.09. The number of nitrogens with zero attached hydrogens (tertiary/aromatic N) is 1. The third kappa shape index (κ3) is 12.2. The Morgan fingerprint density at radius 3 is 2.50 bits per heavy atom. The maximum atomic E-state index is 8.39. The van der Waals surface area contributed by atoms with Crippen LogP contribution in [0.4, 0.5) is 0 Å². The SMILES string of the molecule is C[Si]1(C)CCCC(O[SiH2]CCCCCCCCCOCCC#N)O1. The molecule has 1 aliphatic heterocycles. The average molecular weight is 372 g/mol. The summed E-state index contributed by atoms with van der Waals surface area (Å²) in [7, 11) is -1.77. The summed E-state index contributed by atoms with van der Waals surface area (Å²) in [6.45, 7) is 6.02. The Bertz CT molecular complexity index is 348. The maximum absolute atomic E-state index is 8.39. The predicted molar refractivity (Wildman–Crippen MR) is 104 cm³/mol. The van der Waals surface area contributed by atoms with Crippen molar-refractivity contribution in [3.63, 3.8) is 0 Å². The van der Waals surface area contributed by atoms with Gasteiger partial charge in [-0.25, -0.2) is 0 Å². The van der Waals surface area contributed by atoms with Gasteiger partial charge >= 0.3 is 0 Å². The number of unbranched alkanes of at least 4 members (excludes halogenated alkanes) is 6. The van der Waals surface area contributed by atoms with E-state index in [9.17, 15) is 0 Å². The lowest BCUT2D eigenvalue weighted by Crippen LogP contribution is -2.41. The number of hydrogen-bond donors (Lipinski definition) is 0. The van der Waals surface area contributed by atoms with E-state index >= 15 is 0 Å². The van der Waals surface area contributed by atoms with Gasteiger partial charge in [-0.1, -0.05) is 38.5 Å². The molecule has 1 unspecified atom stereocenters. The Labute approximate surface area is 152 Å². The zero-order chi connectivity index (χ0) is 17.5.